The summed E-state index contributed by atoms with van der Waals surface area (Å²) in [6, 6.07) is 8.77. The highest BCUT2D eigenvalue weighted by Gasteiger charge is 2.31. The molecule has 2 aromatic rings. The lowest BCUT2D eigenvalue weighted by molar-refractivity contribution is 0.0548. The third kappa shape index (κ3) is 4.04. The second-order valence-corrected chi connectivity index (χ2v) is 7.24. The Morgan fingerprint density at radius 1 is 1.31 bits per heavy atom. The van der Waals surface area contributed by atoms with Gasteiger partial charge in [-0.15, -0.1) is 0 Å². The molecule has 2 amide bonds. The fourth-order valence-corrected chi connectivity index (χ4v) is 3.94. The number of fused-ring (bicyclic) bond motifs is 2. The molecule has 0 spiro atoms. The average Bonchev–Trinajstić information content (AvgIpc) is 2.74. The van der Waals surface area contributed by atoms with Crippen molar-refractivity contribution in [1.82, 2.24) is 9.88 Å². The maximum Gasteiger partial charge on any atom is 0.261 e. The van der Waals surface area contributed by atoms with Gasteiger partial charge in [0.25, 0.3) is 11.8 Å². The highest BCUT2D eigenvalue weighted by molar-refractivity contribution is 6.07. The first-order valence-electron chi connectivity index (χ1n) is 10.1. The summed E-state index contributed by atoms with van der Waals surface area (Å²) in [4.78, 5) is 32.0. The first kappa shape index (κ1) is 19.2. The molecule has 1 unspecified atom stereocenters. The van der Waals surface area contributed by atoms with Crippen molar-refractivity contribution < 1.29 is 19.1 Å². The molecule has 1 aromatic heterocycles. The van der Waals surface area contributed by atoms with Crippen LogP contribution in [0.15, 0.2) is 36.5 Å². The molecule has 1 atom stereocenters. The molecule has 1 fully saturated rings. The zero-order valence-corrected chi connectivity index (χ0v) is 16.5. The van der Waals surface area contributed by atoms with Crippen LogP contribution in [0, 0.1) is 0 Å². The summed E-state index contributed by atoms with van der Waals surface area (Å²) >= 11 is 0. The van der Waals surface area contributed by atoms with E-state index in [9.17, 15) is 9.59 Å². The summed E-state index contributed by atoms with van der Waals surface area (Å²) in [6.45, 7) is 3.61. The zero-order valence-electron chi connectivity index (χ0n) is 16.5. The van der Waals surface area contributed by atoms with Crippen LogP contribution in [0.25, 0.3) is 0 Å². The van der Waals surface area contributed by atoms with Crippen LogP contribution in [-0.2, 0) is 0 Å². The lowest BCUT2D eigenvalue weighted by Gasteiger charge is -2.37. The Morgan fingerprint density at radius 2 is 2.21 bits per heavy atom. The molecule has 2 aliphatic rings. The maximum absolute atomic E-state index is 13.2. The van der Waals surface area contributed by atoms with Gasteiger partial charge in [-0.05, 0) is 56.5 Å². The molecule has 3 heterocycles. The largest absolute Gasteiger partial charge is 0.493 e. The number of amides is 2. The van der Waals surface area contributed by atoms with Crippen molar-refractivity contribution in [2.75, 3.05) is 25.1 Å². The molecule has 0 bridgehead atoms. The number of hydrogen-bond donors (Lipinski definition) is 1. The average molecular weight is 395 g/mol. The SMILES string of the molecule is CCOc1ncccc1C(=O)Nc1ccc2c(c1)C(=O)N1CCCCC1CCO2. The normalized spacial score (nSPS) is 18.6. The van der Waals surface area contributed by atoms with Gasteiger partial charge in [-0.3, -0.25) is 9.59 Å². The molecule has 0 radical (unpaired) electrons. The standard InChI is InChI=1S/C22H25N3O4/c1-2-28-21-17(7-5-11-23-21)20(26)24-15-8-9-19-18(14-15)22(27)25-12-4-3-6-16(25)10-13-29-19/h5,7-9,11,14,16H,2-4,6,10,12-13H2,1H3,(H,24,26). The molecule has 1 saturated heterocycles. The Hall–Kier alpha value is -3.09. The summed E-state index contributed by atoms with van der Waals surface area (Å²) in [7, 11) is 0. The van der Waals surface area contributed by atoms with Gasteiger partial charge < -0.3 is 19.7 Å². The lowest BCUT2D eigenvalue weighted by Crippen LogP contribution is -2.45. The van der Waals surface area contributed by atoms with E-state index in [1.54, 1.807) is 36.5 Å². The van der Waals surface area contributed by atoms with Crippen molar-refractivity contribution in [3.63, 3.8) is 0 Å². The Morgan fingerprint density at radius 3 is 3.07 bits per heavy atom. The number of rotatable bonds is 4. The Labute approximate surface area is 170 Å². The van der Waals surface area contributed by atoms with Crippen molar-refractivity contribution in [2.24, 2.45) is 0 Å². The van der Waals surface area contributed by atoms with E-state index in [1.807, 2.05) is 11.8 Å². The van der Waals surface area contributed by atoms with Crippen LogP contribution in [0.5, 0.6) is 11.6 Å². The van der Waals surface area contributed by atoms with Crippen LogP contribution < -0.4 is 14.8 Å². The first-order chi connectivity index (χ1) is 14.2. The van der Waals surface area contributed by atoms with E-state index in [4.69, 9.17) is 9.47 Å². The van der Waals surface area contributed by atoms with Crippen LogP contribution in [-0.4, -0.2) is 47.5 Å². The number of hydrogen-bond acceptors (Lipinski definition) is 5. The van der Waals surface area contributed by atoms with Crippen molar-refractivity contribution in [3.8, 4) is 11.6 Å². The third-order valence-electron chi connectivity index (χ3n) is 5.36. The topological polar surface area (TPSA) is 80.8 Å². The van der Waals surface area contributed by atoms with E-state index < -0.39 is 0 Å². The molecule has 29 heavy (non-hydrogen) atoms. The van der Waals surface area contributed by atoms with Gasteiger partial charge in [0, 0.05) is 30.9 Å². The predicted molar refractivity (Wildman–Crippen MR) is 109 cm³/mol. The summed E-state index contributed by atoms with van der Waals surface area (Å²) in [5, 5.41) is 2.85. The number of carbonyl (C=O) groups excluding carboxylic acids is 2. The minimum Gasteiger partial charge on any atom is -0.493 e. The fraction of sp³-hybridized carbons (Fsp3) is 0.409. The van der Waals surface area contributed by atoms with Gasteiger partial charge in [-0.25, -0.2) is 4.98 Å². The van der Waals surface area contributed by atoms with Gasteiger partial charge in [-0.2, -0.15) is 0 Å². The van der Waals surface area contributed by atoms with Gasteiger partial charge in [0.15, 0.2) is 0 Å². The quantitative estimate of drug-likeness (QED) is 0.857. The van der Waals surface area contributed by atoms with Crippen molar-refractivity contribution in [3.05, 3.63) is 47.7 Å². The minimum atomic E-state index is -0.337. The van der Waals surface area contributed by atoms with Crippen LogP contribution in [0.4, 0.5) is 5.69 Å². The number of pyridine rings is 1. The van der Waals surface area contributed by atoms with Crippen LogP contribution in [0.2, 0.25) is 0 Å². The number of benzene rings is 1. The molecule has 0 saturated carbocycles. The van der Waals surface area contributed by atoms with E-state index >= 15 is 0 Å². The van der Waals surface area contributed by atoms with Gasteiger partial charge in [-0.1, -0.05) is 0 Å². The molecule has 1 aromatic carbocycles. The fourth-order valence-electron chi connectivity index (χ4n) is 3.94. The predicted octanol–water partition coefficient (Wildman–Crippen LogP) is 3.51. The summed E-state index contributed by atoms with van der Waals surface area (Å²) < 4.78 is 11.3. The van der Waals surface area contributed by atoms with E-state index in [1.165, 1.54) is 0 Å². The van der Waals surface area contributed by atoms with Gasteiger partial charge >= 0.3 is 0 Å². The van der Waals surface area contributed by atoms with E-state index in [2.05, 4.69) is 10.3 Å². The van der Waals surface area contributed by atoms with E-state index in [-0.39, 0.29) is 23.7 Å². The number of nitrogens with zero attached hydrogens (tertiary/aromatic N) is 2. The van der Waals surface area contributed by atoms with Crippen molar-refractivity contribution >= 4 is 17.5 Å². The van der Waals surface area contributed by atoms with Crippen LogP contribution in [0.1, 0.15) is 53.3 Å². The molecular weight excluding hydrogens is 370 g/mol. The maximum atomic E-state index is 13.2. The molecule has 152 valence electrons. The molecule has 0 aliphatic carbocycles. The Balaban J connectivity index is 1.59. The van der Waals surface area contributed by atoms with Gasteiger partial charge in [0.1, 0.15) is 11.3 Å². The highest BCUT2D eigenvalue weighted by Crippen LogP contribution is 2.31. The lowest BCUT2D eigenvalue weighted by atomic mass is 9.97. The Kier molecular flexibility index (Phi) is 5.64. The zero-order chi connectivity index (χ0) is 20.2. The summed E-state index contributed by atoms with van der Waals surface area (Å²) in [5.74, 6) is 0.483. The summed E-state index contributed by atoms with van der Waals surface area (Å²) in [6.07, 6.45) is 5.62. The molecule has 7 heteroatoms. The molecule has 4 rings (SSSR count). The molecule has 1 N–H and O–H groups in total. The third-order valence-corrected chi connectivity index (χ3v) is 5.36. The molecule has 7 nitrogen and oxygen atoms in total. The number of aromatic nitrogens is 1. The number of piperidine rings is 1. The van der Waals surface area contributed by atoms with Crippen molar-refractivity contribution in [2.45, 2.75) is 38.6 Å². The van der Waals surface area contributed by atoms with Gasteiger partial charge in [0.05, 0.1) is 18.8 Å². The number of anilines is 1. The highest BCUT2D eigenvalue weighted by atomic mass is 16.5. The number of nitrogens with one attached hydrogen (secondary N) is 1. The first-order valence-corrected chi connectivity index (χ1v) is 10.1. The van der Waals surface area contributed by atoms with Crippen LogP contribution in [0.3, 0.4) is 0 Å². The number of carbonyl (C=O) groups is 2. The number of ether oxygens (including phenoxy) is 2. The van der Waals surface area contributed by atoms with Crippen LogP contribution >= 0.6 is 0 Å². The van der Waals surface area contributed by atoms with E-state index in [0.717, 1.165) is 32.2 Å². The Bertz CT molecular complexity index is 915. The second kappa shape index (κ2) is 8.51. The van der Waals surface area contributed by atoms with E-state index in [0.29, 0.717) is 35.8 Å². The minimum absolute atomic E-state index is 0.0307. The van der Waals surface area contributed by atoms with Crippen molar-refractivity contribution in [1.29, 1.82) is 0 Å². The molecular formula is C22H25N3O4. The molecule has 2 aliphatic heterocycles. The summed E-state index contributed by atoms with van der Waals surface area (Å²) in [5.41, 5.74) is 1.37. The second-order valence-electron chi connectivity index (χ2n) is 7.24. The van der Waals surface area contributed by atoms with Gasteiger partial charge in [0.2, 0.25) is 5.88 Å². The smallest absolute Gasteiger partial charge is 0.261 e. The monoisotopic (exact) mass is 395 g/mol.